The average Bonchev–Trinajstić information content (AvgIpc) is 3.42. The SMILES string of the molecule is COc1ccc2[nH]c3c(c2c1)CCN(C(=O)c1cc(CC(C)C)on1)[C@H]3c1ccc(F)cc1. The monoisotopic (exact) mass is 447 g/mol. The minimum Gasteiger partial charge on any atom is -0.497 e. The van der Waals surface area contributed by atoms with Gasteiger partial charge in [0.25, 0.3) is 5.91 Å². The Morgan fingerprint density at radius 3 is 2.76 bits per heavy atom. The first-order chi connectivity index (χ1) is 15.9. The van der Waals surface area contributed by atoms with Crippen LogP contribution in [0.1, 0.15) is 53.0 Å². The van der Waals surface area contributed by atoms with Crippen LogP contribution in [0.4, 0.5) is 4.39 Å². The number of benzene rings is 2. The van der Waals surface area contributed by atoms with Crippen LogP contribution in [0.15, 0.2) is 53.1 Å². The predicted octanol–water partition coefficient (Wildman–Crippen LogP) is 5.29. The quantitative estimate of drug-likeness (QED) is 0.451. The van der Waals surface area contributed by atoms with E-state index in [-0.39, 0.29) is 11.7 Å². The van der Waals surface area contributed by atoms with E-state index in [9.17, 15) is 9.18 Å². The molecule has 0 radical (unpaired) electrons. The fourth-order valence-corrected chi connectivity index (χ4v) is 4.66. The summed E-state index contributed by atoms with van der Waals surface area (Å²) in [7, 11) is 1.65. The number of fused-ring (bicyclic) bond motifs is 3. The Hall–Kier alpha value is -3.61. The number of rotatable bonds is 5. The first-order valence-electron chi connectivity index (χ1n) is 11.1. The second-order valence-electron chi connectivity index (χ2n) is 8.91. The highest BCUT2D eigenvalue weighted by Crippen LogP contribution is 2.40. The van der Waals surface area contributed by atoms with Gasteiger partial charge in [-0.2, -0.15) is 0 Å². The van der Waals surface area contributed by atoms with Crippen molar-refractivity contribution < 1.29 is 18.4 Å². The van der Waals surface area contributed by atoms with Gasteiger partial charge in [0.2, 0.25) is 0 Å². The molecule has 0 fully saturated rings. The molecule has 1 atom stereocenters. The number of amides is 1. The van der Waals surface area contributed by atoms with Gasteiger partial charge in [-0.15, -0.1) is 0 Å². The van der Waals surface area contributed by atoms with Gasteiger partial charge >= 0.3 is 0 Å². The molecule has 7 heteroatoms. The number of carbonyl (C=O) groups is 1. The number of carbonyl (C=O) groups excluding carboxylic acids is 1. The minimum atomic E-state index is -0.398. The largest absolute Gasteiger partial charge is 0.497 e. The van der Waals surface area contributed by atoms with Gasteiger partial charge in [-0.1, -0.05) is 31.1 Å². The number of hydrogen-bond acceptors (Lipinski definition) is 4. The van der Waals surface area contributed by atoms with E-state index >= 15 is 0 Å². The van der Waals surface area contributed by atoms with Crippen molar-refractivity contribution in [2.45, 2.75) is 32.7 Å². The third kappa shape index (κ3) is 3.88. The standard InChI is InChI=1S/C26H26FN3O3/c1-15(2)12-19-14-23(29-33-19)26(31)30-11-10-20-21-13-18(32-3)8-9-22(21)28-24(20)25(30)16-4-6-17(27)7-5-16/h4-9,13-15,25,28H,10-12H2,1-3H3/t25-/m0/s1. The lowest BCUT2D eigenvalue weighted by Gasteiger charge is -2.35. The van der Waals surface area contributed by atoms with Crippen LogP contribution in [0.2, 0.25) is 0 Å². The third-order valence-electron chi connectivity index (χ3n) is 6.17. The molecule has 0 saturated carbocycles. The Morgan fingerprint density at radius 1 is 1.24 bits per heavy atom. The van der Waals surface area contributed by atoms with E-state index in [1.165, 1.54) is 12.1 Å². The number of aromatic nitrogens is 2. The van der Waals surface area contributed by atoms with Crippen molar-refractivity contribution in [3.63, 3.8) is 0 Å². The highest BCUT2D eigenvalue weighted by atomic mass is 19.1. The lowest BCUT2D eigenvalue weighted by Crippen LogP contribution is -2.40. The van der Waals surface area contributed by atoms with Crippen LogP contribution in [-0.2, 0) is 12.8 Å². The summed E-state index contributed by atoms with van der Waals surface area (Å²) in [4.78, 5) is 18.9. The molecule has 2 aromatic heterocycles. The van der Waals surface area contributed by atoms with Crippen molar-refractivity contribution in [2.75, 3.05) is 13.7 Å². The minimum absolute atomic E-state index is 0.204. The first-order valence-corrected chi connectivity index (χ1v) is 11.1. The highest BCUT2D eigenvalue weighted by Gasteiger charge is 2.36. The third-order valence-corrected chi connectivity index (χ3v) is 6.17. The molecule has 1 aliphatic heterocycles. The van der Waals surface area contributed by atoms with E-state index in [4.69, 9.17) is 9.26 Å². The van der Waals surface area contributed by atoms with Gasteiger partial charge in [0, 0.05) is 35.6 Å². The molecule has 0 saturated heterocycles. The van der Waals surface area contributed by atoms with E-state index in [1.807, 2.05) is 18.2 Å². The summed E-state index contributed by atoms with van der Waals surface area (Å²) < 4.78 is 24.5. The van der Waals surface area contributed by atoms with Gasteiger partial charge in [0.1, 0.15) is 17.3 Å². The summed E-state index contributed by atoms with van der Waals surface area (Å²) in [6.45, 7) is 4.68. The van der Waals surface area contributed by atoms with Gasteiger partial charge in [-0.3, -0.25) is 4.79 Å². The Labute approximate surface area is 191 Å². The van der Waals surface area contributed by atoms with Crippen molar-refractivity contribution in [3.05, 3.63) is 82.6 Å². The van der Waals surface area contributed by atoms with E-state index in [0.29, 0.717) is 30.3 Å². The highest BCUT2D eigenvalue weighted by molar-refractivity contribution is 5.94. The van der Waals surface area contributed by atoms with Gasteiger partial charge in [0.15, 0.2) is 5.69 Å². The van der Waals surface area contributed by atoms with Crippen LogP contribution >= 0.6 is 0 Å². The summed E-state index contributed by atoms with van der Waals surface area (Å²) in [6.07, 6.45) is 1.40. The summed E-state index contributed by atoms with van der Waals surface area (Å²) >= 11 is 0. The zero-order valence-electron chi connectivity index (χ0n) is 18.9. The second-order valence-corrected chi connectivity index (χ2v) is 8.91. The Bertz CT molecular complexity index is 1310. The normalized spacial score (nSPS) is 15.8. The molecule has 6 nitrogen and oxygen atoms in total. The maximum absolute atomic E-state index is 13.7. The van der Waals surface area contributed by atoms with Crippen molar-refractivity contribution in [1.29, 1.82) is 0 Å². The van der Waals surface area contributed by atoms with Crippen molar-refractivity contribution >= 4 is 16.8 Å². The van der Waals surface area contributed by atoms with Gasteiger partial charge in [-0.25, -0.2) is 4.39 Å². The molecule has 2 aromatic carbocycles. The van der Waals surface area contributed by atoms with Gasteiger partial charge in [-0.05, 0) is 53.8 Å². The van der Waals surface area contributed by atoms with E-state index in [1.54, 1.807) is 30.2 Å². The molecule has 170 valence electrons. The number of methoxy groups -OCH3 is 1. The lowest BCUT2D eigenvalue weighted by molar-refractivity contribution is 0.0681. The van der Waals surface area contributed by atoms with Crippen LogP contribution in [0.5, 0.6) is 5.75 Å². The zero-order chi connectivity index (χ0) is 23.1. The van der Waals surface area contributed by atoms with Crippen LogP contribution < -0.4 is 4.74 Å². The number of ether oxygens (including phenoxy) is 1. The maximum atomic E-state index is 13.7. The number of aromatic amines is 1. The molecule has 1 aliphatic rings. The molecule has 33 heavy (non-hydrogen) atoms. The summed E-state index contributed by atoms with van der Waals surface area (Å²) in [6, 6.07) is 13.6. The maximum Gasteiger partial charge on any atom is 0.276 e. The lowest BCUT2D eigenvalue weighted by atomic mass is 9.92. The number of H-pyrrole nitrogens is 1. The van der Waals surface area contributed by atoms with Crippen molar-refractivity contribution in [3.8, 4) is 5.75 Å². The molecular weight excluding hydrogens is 421 g/mol. The summed E-state index contributed by atoms with van der Waals surface area (Å²) in [5.74, 6) is 1.35. The van der Waals surface area contributed by atoms with Gasteiger partial charge < -0.3 is 19.1 Å². The van der Waals surface area contributed by atoms with Crippen LogP contribution in [0, 0.1) is 11.7 Å². The molecule has 0 unspecified atom stereocenters. The molecule has 0 bridgehead atoms. The number of nitrogens with one attached hydrogen (secondary N) is 1. The molecular formula is C26H26FN3O3. The first kappa shape index (κ1) is 21.2. The summed E-state index contributed by atoms with van der Waals surface area (Å²) in [5, 5.41) is 5.13. The van der Waals surface area contributed by atoms with Crippen LogP contribution in [-0.4, -0.2) is 34.6 Å². The zero-order valence-corrected chi connectivity index (χ0v) is 18.9. The number of halogens is 1. The molecule has 1 N–H and O–H groups in total. The molecule has 3 heterocycles. The van der Waals surface area contributed by atoms with E-state index in [2.05, 4.69) is 24.0 Å². The molecule has 0 spiro atoms. The summed E-state index contributed by atoms with van der Waals surface area (Å²) in [5.41, 5.74) is 4.16. The van der Waals surface area contributed by atoms with Crippen LogP contribution in [0.3, 0.4) is 0 Å². The van der Waals surface area contributed by atoms with Gasteiger partial charge in [0.05, 0.1) is 13.2 Å². The number of hydrogen-bond donors (Lipinski definition) is 1. The Balaban J connectivity index is 1.59. The second kappa shape index (κ2) is 8.39. The average molecular weight is 448 g/mol. The Morgan fingerprint density at radius 2 is 2.03 bits per heavy atom. The smallest absolute Gasteiger partial charge is 0.276 e. The van der Waals surface area contributed by atoms with Crippen LogP contribution in [0.25, 0.3) is 10.9 Å². The molecule has 4 aromatic rings. The molecule has 0 aliphatic carbocycles. The van der Waals surface area contributed by atoms with Crippen molar-refractivity contribution in [2.24, 2.45) is 5.92 Å². The molecule has 1 amide bonds. The predicted molar refractivity (Wildman–Crippen MR) is 123 cm³/mol. The fourth-order valence-electron chi connectivity index (χ4n) is 4.66. The topological polar surface area (TPSA) is 71.4 Å². The molecule has 5 rings (SSSR count). The Kier molecular flexibility index (Phi) is 5.40. The fraction of sp³-hybridized carbons (Fsp3) is 0.308. The van der Waals surface area contributed by atoms with E-state index < -0.39 is 6.04 Å². The van der Waals surface area contributed by atoms with Crippen molar-refractivity contribution in [1.82, 2.24) is 15.0 Å². The number of nitrogens with zero attached hydrogens (tertiary/aromatic N) is 2. The van der Waals surface area contributed by atoms with E-state index in [0.717, 1.165) is 39.9 Å².